The fourth-order valence-electron chi connectivity index (χ4n) is 0.773. The van der Waals surface area contributed by atoms with E-state index >= 15 is 0 Å². The van der Waals surface area contributed by atoms with E-state index in [0.717, 1.165) is 0 Å². The van der Waals surface area contributed by atoms with E-state index in [4.69, 9.17) is 0 Å². The third kappa shape index (κ3) is 2.10. The Morgan fingerprint density at radius 2 is 2.44 bits per heavy atom. The minimum absolute atomic E-state index is 1.19. The summed E-state index contributed by atoms with van der Waals surface area (Å²) in [5.41, 5.74) is 0. The van der Waals surface area contributed by atoms with Gasteiger partial charge in [0.2, 0.25) is 0 Å². The van der Waals surface area contributed by atoms with Gasteiger partial charge in [-0.15, -0.1) is 0 Å². The van der Waals surface area contributed by atoms with Gasteiger partial charge in [-0.05, 0) is 18.2 Å². The highest BCUT2D eigenvalue weighted by Gasteiger charge is 1.92. The van der Waals surface area contributed by atoms with Crippen LogP contribution in [0.25, 0.3) is 0 Å². The van der Waals surface area contributed by atoms with Gasteiger partial charge >= 0.3 is 0 Å². The van der Waals surface area contributed by atoms with Gasteiger partial charge in [0.15, 0.2) is 0 Å². The molecule has 1 rings (SSSR count). The van der Waals surface area contributed by atoms with Crippen LogP contribution < -0.4 is 0 Å². The van der Waals surface area contributed by atoms with E-state index in [0.29, 0.717) is 0 Å². The Hall–Kier alpha value is -0.430. The van der Waals surface area contributed by atoms with E-state index in [1.165, 1.54) is 17.7 Å². The van der Waals surface area contributed by atoms with Gasteiger partial charge in [-0.25, -0.2) is 0 Å². The lowest BCUT2D eigenvalue weighted by Crippen LogP contribution is -1.76. The lowest BCUT2D eigenvalue weighted by molar-refractivity contribution is 1.03. The second kappa shape index (κ2) is 3.57. The van der Waals surface area contributed by atoms with Crippen LogP contribution in [0.2, 0.25) is 0 Å². The van der Waals surface area contributed by atoms with Crippen molar-refractivity contribution in [1.29, 1.82) is 0 Å². The number of rotatable bonds is 2. The molecule has 9 heavy (non-hydrogen) atoms. The van der Waals surface area contributed by atoms with Gasteiger partial charge in [0, 0.05) is 4.91 Å². The first-order chi connectivity index (χ1) is 4.43. The van der Waals surface area contributed by atoms with Gasteiger partial charge in [-0.2, -0.15) is 0 Å². The molecule has 0 atom stereocenters. The van der Waals surface area contributed by atoms with Gasteiger partial charge in [0.05, 0.1) is 0 Å². The molecular weight excluding hydrogens is 128 g/mol. The Bertz CT molecular complexity index is 154. The van der Waals surface area contributed by atoms with Crippen molar-refractivity contribution in [3.05, 3.63) is 35.1 Å². The smallest absolute Gasteiger partial charge is 0.00726 e. The van der Waals surface area contributed by atoms with Crippen molar-refractivity contribution in [1.82, 2.24) is 0 Å². The molecule has 0 saturated heterocycles. The van der Waals surface area contributed by atoms with Crippen LogP contribution in [0.3, 0.4) is 0 Å². The van der Waals surface area contributed by atoms with Gasteiger partial charge in [0.25, 0.3) is 0 Å². The molecule has 0 aromatic carbocycles. The minimum Gasteiger partial charge on any atom is -0.0990 e. The zero-order valence-electron chi connectivity index (χ0n) is 5.34. The molecule has 0 aromatic rings. The fraction of sp³-hybridized carbons (Fsp3) is 0.250. The Morgan fingerprint density at radius 1 is 1.56 bits per heavy atom. The minimum atomic E-state index is 1.19. The molecule has 0 unspecified atom stereocenters. The third-order valence-corrected chi connectivity index (χ3v) is 1.92. The average molecular weight is 138 g/mol. The van der Waals surface area contributed by atoms with Gasteiger partial charge in [-0.1, -0.05) is 36.6 Å². The Kier molecular flexibility index (Phi) is 2.65. The number of allylic oxidation sites excluding steroid dienone is 3. The van der Waals surface area contributed by atoms with Crippen LogP contribution in [0.15, 0.2) is 35.1 Å². The summed E-state index contributed by atoms with van der Waals surface area (Å²) in [6.45, 7) is 3.64. The van der Waals surface area contributed by atoms with Gasteiger partial charge in [-0.3, -0.25) is 0 Å². The lowest BCUT2D eigenvalue weighted by atomic mass is 10.2. The predicted octanol–water partition coefficient (Wildman–Crippen LogP) is 3.10. The molecule has 0 saturated carbocycles. The van der Waals surface area contributed by atoms with E-state index in [2.05, 4.69) is 24.8 Å². The number of hydrogen-bond acceptors (Lipinski definition) is 1. The molecule has 0 aliphatic heterocycles. The monoisotopic (exact) mass is 138 g/mol. The Labute approximate surface area is 60.3 Å². The van der Waals surface area contributed by atoms with Crippen molar-refractivity contribution >= 4 is 11.8 Å². The van der Waals surface area contributed by atoms with Crippen LogP contribution in [0.4, 0.5) is 0 Å². The van der Waals surface area contributed by atoms with E-state index in [1.54, 1.807) is 11.8 Å². The second-order valence-corrected chi connectivity index (χ2v) is 2.91. The Morgan fingerprint density at radius 3 is 3.00 bits per heavy atom. The number of thioether (sulfide) groups is 1. The van der Waals surface area contributed by atoms with E-state index in [-0.39, 0.29) is 0 Å². The van der Waals surface area contributed by atoms with E-state index < -0.39 is 0 Å². The summed E-state index contributed by atoms with van der Waals surface area (Å²) in [4.78, 5) is 1.33. The molecular formula is C8H10S. The van der Waals surface area contributed by atoms with Crippen molar-refractivity contribution in [2.45, 2.75) is 12.8 Å². The van der Waals surface area contributed by atoms with E-state index in [1.807, 2.05) is 5.41 Å². The first-order valence-electron chi connectivity index (χ1n) is 3.08. The summed E-state index contributed by atoms with van der Waals surface area (Å²) in [5, 5.41) is 1.86. The van der Waals surface area contributed by atoms with Gasteiger partial charge in [0.1, 0.15) is 0 Å². The summed E-state index contributed by atoms with van der Waals surface area (Å²) < 4.78 is 0. The van der Waals surface area contributed by atoms with Crippen LogP contribution >= 0.6 is 11.8 Å². The van der Waals surface area contributed by atoms with Crippen LogP contribution in [0.5, 0.6) is 0 Å². The maximum atomic E-state index is 3.64. The van der Waals surface area contributed by atoms with Crippen molar-refractivity contribution in [3.8, 4) is 0 Å². The van der Waals surface area contributed by atoms with Crippen molar-refractivity contribution in [3.63, 3.8) is 0 Å². The largest absolute Gasteiger partial charge is 0.0990 e. The first-order valence-corrected chi connectivity index (χ1v) is 3.95. The van der Waals surface area contributed by atoms with Crippen molar-refractivity contribution in [2.24, 2.45) is 0 Å². The molecule has 0 spiro atoms. The standard InChI is InChI=1S/C8H10S/c1-2-9-8-6-4-3-5-7-8/h2,4,6-7H,1,3,5H2. The molecule has 0 amide bonds. The Balaban J connectivity index is 2.47. The molecule has 0 radical (unpaired) electrons. The predicted molar refractivity (Wildman–Crippen MR) is 44.2 cm³/mol. The van der Waals surface area contributed by atoms with Crippen LogP contribution in [0, 0.1) is 0 Å². The van der Waals surface area contributed by atoms with Crippen LogP contribution in [-0.2, 0) is 0 Å². The van der Waals surface area contributed by atoms with Gasteiger partial charge < -0.3 is 0 Å². The van der Waals surface area contributed by atoms with Crippen LogP contribution in [-0.4, -0.2) is 0 Å². The molecule has 0 heterocycles. The molecule has 0 N–H and O–H groups in total. The molecule has 1 aliphatic rings. The highest BCUT2D eigenvalue weighted by atomic mass is 32.2. The summed E-state index contributed by atoms with van der Waals surface area (Å²) in [6.07, 6.45) is 8.97. The lowest BCUT2D eigenvalue weighted by Gasteiger charge is -2.00. The normalized spacial score (nSPS) is 17.1. The zero-order valence-corrected chi connectivity index (χ0v) is 6.16. The highest BCUT2D eigenvalue weighted by Crippen LogP contribution is 2.21. The molecule has 0 aromatic heterocycles. The van der Waals surface area contributed by atoms with E-state index in [9.17, 15) is 0 Å². The number of hydrogen-bond donors (Lipinski definition) is 0. The summed E-state index contributed by atoms with van der Waals surface area (Å²) in [7, 11) is 0. The zero-order chi connectivity index (χ0) is 6.53. The molecule has 0 nitrogen and oxygen atoms in total. The maximum Gasteiger partial charge on any atom is 0.00726 e. The third-order valence-electron chi connectivity index (χ3n) is 1.18. The fourth-order valence-corrected chi connectivity index (χ4v) is 1.35. The van der Waals surface area contributed by atoms with Crippen molar-refractivity contribution in [2.75, 3.05) is 0 Å². The molecule has 48 valence electrons. The molecule has 1 aliphatic carbocycles. The summed E-state index contributed by atoms with van der Waals surface area (Å²) >= 11 is 1.69. The summed E-state index contributed by atoms with van der Waals surface area (Å²) in [6, 6.07) is 0. The molecule has 0 bridgehead atoms. The van der Waals surface area contributed by atoms with Crippen LogP contribution in [0.1, 0.15) is 12.8 Å². The average Bonchev–Trinajstić information content (AvgIpc) is 1.91. The highest BCUT2D eigenvalue weighted by molar-refractivity contribution is 8.06. The quantitative estimate of drug-likeness (QED) is 0.565. The van der Waals surface area contributed by atoms with Crippen molar-refractivity contribution < 1.29 is 0 Å². The molecule has 0 fully saturated rings. The summed E-state index contributed by atoms with van der Waals surface area (Å²) in [5.74, 6) is 0. The first kappa shape index (κ1) is 6.69. The maximum absolute atomic E-state index is 3.64. The SMILES string of the molecule is C=CSC1=CCCC=C1. The molecule has 1 heteroatoms. The topological polar surface area (TPSA) is 0 Å². The second-order valence-electron chi connectivity index (χ2n) is 1.87.